The first kappa shape index (κ1) is 14.5. The molecule has 4 heteroatoms. The van der Waals surface area contributed by atoms with E-state index in [1.807, 2.05) is 31.2 Å². The van der Waals surface area contributed by atoms with Gasteiger partial charge in [0.1, 0.15) is 5.75 Å². The van der Waals surface area contributed by atoms with Crippen molar-refractivity contribution < 1.29 is 9.53 Å². The van der Waals surface area contributed by atoms with E-state index in [1.54, 1.807) is 0 Å². The van der Waals surface area contributed by atoms with E-state index in [0.29, 0.717) is 19.6 Å². The summed E-state index contributed by atoms with van der Waals surface area (Å²) < 4.78 is 5.51. The minimum atomic E-state index is 0.0172. The van der Waals surface area contributed by atoms with E-state index in [9.17, 15) is 4.79 Å². The molecule has 0 bridgehead atoms. The Labute approximate surface area is 109 Å². The molecule has 1 aromatic carbocycles. The number of benzene rings is 1. The highest BCUT2D eigenvalue weighted by Crippen LogP contribution is 2.17. The Hall–Kier alpha value is -1.55. The molecule has 0 unspecified atom stereocenters. The Morgan fingerprint density at radius 3 is 2.89 bits per heavy atom. The molecule has 0 radical (unpaired) electrons. The second-order valence-corrected chi connectivity index (χ2v) is 4.03. The van der Waals surface area contributed by atoms with Crippen molar-refractivity contribution in [1.82, 2.24) is 5.32 Å². The number of anilines is 1. The van der Waals surface area contributed by atoms with Gasteiger partial charge < -0.3 is 15.4 Å². The summed E-state index contributed by atoms with van der Waals surface area (Å²) in [7, 11) is 0. The molecule has 0 atom stereocenters. The molecule has 1 rings (SSSR count). The zero-order chi connectivity index (χ0) is 13.2. The van der Waals surface area contributed by atoms with Crippen LogP contribution in [-0.4, -0.2) is 25.6 Å². The van der Waals surface area contributed by atoms with Crippen molar-refractivity contribution in [3.63, 3.8) is 0 Å². The maximum absolute atomic E-state index is 11.6. The molecule has 0 saturated heterocycles. The van der Waals surface area contributed by atoms with E-state index in [4.69, 9.17) is 4.74 Å². The summed E-state index contributed by atoms with van der Waals surface area (Å²) in [5.41, 5.74) is 0.783. The van der Waals surface area contributed by atoms with E-state index in [2.05, 4.69) is 17.6 Å². The van der Waals surface area contributed by atoms with Crippen LogP contribution in [0.25, 0.3) is 0 Å². The molecule has 18 heavy (non-hydrogen) atoms. The van der Waals surface area contributed by atoms with Crippen molar-refractivity contribution in [1.29, 1.82) is 0 Å². The van der Waals surface area contributed by atoms with Crippen LogP contribution in [-0.2, 0) is 4.79 Å². The minimum absolute atomic E-state index is 0.0172. The Bertz CT molecular complexity index is 367. The van der Waals surface area contributed by atoms with Crippen LogP contribution in [0.1, 0.15) is 26.7 Å². The van der Waals surface area contributed by atoms with Crippen LogP contribution in [0.15, 0.2) is 24.3 Å². The molecule has 0 aromatic heterocycles. The first-order valence-electron chi connectivity index (χ1n) is 6.49. The SMILES string of the molecule is CCCOc1cccc(NC(=O)CCNCC)c1. The highest BCUT2D eigenvalue weighted by atomic mass is 16.5. The van der Waals surface area contributed by atoms with Crippen molar-refractivity contribution in [2.45, 2.75) is 26.7 Å². The highest BCUT2D eigenvalue weighted by Gasteiger charge is 2.02. The molecule has 0 aliphatic heterocycles. The monoisotopic (exact) mass is 250 g/mol. The first-order valence-corrected chi connectivity index (χ1v) is 6.49. The largest absolute Gasteiger partial charge is 0.494 e. The van der Waals surface area contributed by atoms with Gasteiger partial charge in [0, 0.05) is 24.7 Å². The topological polar surface area (TPSA) is 50.4 Å². The van der Waals surface area contributed by atoms with Gasteiger partial charge >= 0.3 is 0 Å². The number of carbonyl (C=O) groups is 1. The van der Waals surface area contributed by atoms with Crippen molar-refractivity contribution in [2.75, 3.05) is 25.0 Å². The van der Waals surface area contributed by atoms with E-state index >= 15 is 0 Å². The van der Waals surface area contributed by atoms with E-state index < -0.39 is 0 Å². The summed E-state index contributed by atoms with van der Waals surface area (Å²) in [5.74, 6) is 0.810. The first-order chi connectivity index (χ1) is 8.76. The number of nitrogens with one attached hydrogen (secondary N) is 2. The lowest BCUT2D eigenvalue weighted by Crippen LogP contribution is -2.21. The van der Waals surface area contributed by atoms with Gasteiger partial charge in [0.25, 0.3) is 0 Å². The number of rotatable bonds is 8. The Morgan fingerprint density at radius 2 is 2.17 bits per heavy atom. The predicted octanol–water partition coefficient (Wildman–Crippen LogP) is 2.41. The molecule has 100 valence electrons. The molecule has 0 spiro atoms. The average Bonchev–Trinajstić information content (AvgIpc) is 2.37. The maximum Gasteiger partial charge on any atom is 0.225 e. The molecule has 0 heterocycles. The number of hydrogen-bond acceptors (Lipinski definition) is 3. The van der Waals surface area contributed by atoms with Crippen LogP contribution >= 0.6 is 0 Å². The summed E-state index contributed by atoms with van der Waals surface area (Å²) in [4.78, 5) is 11.6. The molecule has 0 aliphatic rings. The maximum atomic E-state index is 11.6. The van der Waals surface area contributed by atoms with E-state index in [0.717, 1.165) is 24.4 Å². The molecule has 0 fully saturated rings. The Kier molecular flexibility index (Phi) is 6.87. The predicted molar refractivity (Wildman–Crippen MR) is 74.0 cm³/mol. The molecule has 4 nitrogen and oxygen atoms in total. The zero-order valence-electron chi connectivity index (χ0n) is 11.2. The van der Waals surface area contributed by atoms with Crippen LogP contribution in [0.3, 0.4) is 0 Å². The molecule has 0 saturated carbocycles. The summed E-state index contributed by atoms with van der Waals surface area (Å²) in [6, 6.07) is 7.49. The third-order valence-corrected chi connectivity index (χ3v) is 2.37. The third kappa shape index (κ3) is 5.68. The molecule has 1 aromatic rings. The van der Waals surface area contributed by atoms with Crippen LogP contribution in [0.4, 0.5) is 5.69 Å². The smallest absolute Gasteiger partial charge is 0.225 e. The number of amides is 1. The van der Waals surface area contributed by atoms with Gasteiger partial charge in [0.05, 0.1) is 6.61 Å². The van der Waals surface area contributed by atoms with Gasteiger partial charge in [0.2, 0.25) is 5.91 Å². The Balaban J connectivity index is 2.43. The highest BCUT2D eigenvalue weighted by molar-refractivity contribution is 5.90. The lowest BCUT2D eigenvalue weighted by molar-refractivity contribution is -0.116. The fourth-order valence-corrected chi connectivity index (χ4v) is 1.49. The summed E-state index contributed by atoms with van der Waals surface area (Å²) in [6.07, 6.45) is 1.45. The summed E-state index contributed by atoms with van der Waals surface area (Å²) >= 11 is 0. The van der Waals surface area contributed by atoms with Crippen LogP contribution in [0.2, 0.25) is 0 Å². The summed E-state index contributed by atoms with van der Waals surface area (Å²) in [6.45, 7) is 6.36. The van der Waals surface area contributed by atoms with Crippen molar-refractivity contribution in [3.05, 3.63) is 24.3 Å². The van der Waals surface area contributed by atoms with Gasteiger partial charge in [-0.05, 0) is 25.1 Å². The van der Waals surface area contributed by atoms with Gasteiger partial charge in [-0.15, -0.1) is 0 Å². The second kappa shape index (κ2) is 8.53. The van der Waals surface area contributed by atoms with Crippen molar-refractivity contribution in [3.8, 4) is 5.75 Å². The van der Waals surface area contributed by atoms with Gasteiger partial charge in [-0.3, -0.25) is 4.79 Å². The van der Waals surface area contributed by atoms with Gasteiger partial charge in [-0.25, -0.2) is 0 Å². The summed E-state index contributed by atoms with van der Waals surface area (Å²) in [5, 5.41) is 5.98. The number of carbonyl (C=O) groups excluding carboxylic acids is 1. The van der Waals surface area contributed by atoms with E-state index in [1.165, 1.54) is 0 Å². The molecule has 1 amide bonds. The normalized spacial score (nSPS) is 10.1. The van der Waals surface area contributed by atoms with Gasteiger partial charge in [0.15, 0.2) is 0 Å². The molecular formula is C14H22N2O2. The minimum Gasteiger partial charge on any atom is -0.494 e. The van der Waals surface area contributed by atoms with Crippen molar-refractivity contribution in [2.24, 2.45) is 0 Å². The number of hydrogen-bond donors (Lipinski definition) is 2. The van der Waals surface area contributed by atoms with Crippen LogP contribution < -0.4 is 15.4 Å². The zero-order valence-corrected chi connectivity index (χ0v) is 11.2. The standard InChI is InChI=1S/C14H22N2O2/c1-3-10-18-13-7-5-6-12(11-13)16-14(17)8-9-15-4-2/h5-7,11,15H,3-4,8-10H2,1-2H3,(H,16,17). The average molecular weight is 250 g/mol. The van der Waals surface area contributed by atoms with Crippen LogP contribution in [0.5, 0.6) is 5.75 Å². The fourth-order valence-electron chi connectivity index (χ4n) is 1.49. The fraction of sp³-hybridized carbons (Fsp3) is 0.500. The second-order valence-electron chi connectivity index (χ2n) is 4.03. The quantitative estimate of drug-likeness (QED) is 0.697. The third-order valence-electron chi connectivity index (χ3n) is 2.37. The van der Waals surface area contributed by atoms with Gasteiger partial charge in [-0.2, -0.15) is 0 Å². The molecule has 2 N–H and O–H groups in total. The lowest BCUT2D eigenvalue weighted by atomic mass is 10.3. The van der Waals surface area contributed by atoms with Gasteiger partial charge in [-0.1, -0.05) is 19.9 Å². The lowest BCUT2D eigenvalue weighted by Gasteiger charge is -2.08. The number of ether oxygens (including phenoxy) is 1. The van der Waals surface area contributed by atoms with E-state index in [-0.39, 0.29) is 5.91 Å². The van der Waals surface area contributed by atoms with Crippen molar-refractivity contribution >= 4 is 11.6 Å². The van der Waals surface area contributed by atoms with Crippen LogP contribution in [0, 0.1) is 0 Å². The Morgan fingerprint density at radius 1 is 1.33 bits per heavy atom. The molecular weight excluding hydrogens is 228 g/mol. The molecule has 0 aliphatic carbocycles.